The number of ether oxygens (including phenoxy) is 1. The molecule has 2 bridgehead atoms. The summed E-state index contributed by atoms with van der Waals surface area (Å²) in [6, 6.07) is 8.35. The third kappa shape index (κ3) is 2.65. The highest BCUT2D eigenvalue weighted by atomic mass is 16.5. The van der Waals surface area contributed by atoms with Crippen LogP contribution >= 0.6 is 0 Å². The van der Waals surface area contributed by atoms with Crippen LogP contribution in [0.4, 0.5) is 0 Å². The summed E-state index contributed by atoms with van der Waals surface area (Å²) in [7, 11) is 0. The minimum absolute atomic E-state index is 0.0125. The van der Waals surface area contributed by atoms with E-state index in [0.717, 1.165) is 49.9 Å². The topological polar surface area (TPSA) is 69.7 Å². The molecule has 2 aromatic heterocycles. The second-order valence-electron chi connectivity index (χ2n) is 7.75. The number of hydrogen-bond acceptors (Lipinski definition) is 4. The summed E-state index contributed by atoms with van der Waals surface area (Å²) < 4.78 is 8.13. The maximum Gasteiger partial charge on any atom is 0.128 e. The first kappa shape index (κ1) is 16.6. The second kappa shape index (κ2) is 6.14. The third-order valence-electron chi connectivity index (χ3n) is 6.31. The van der Waals surface area contributed by atoms with Crippen molar-refractivity contribution in [2.75, 3.05) is 19.8 Å². The molecular weight excluding hydrogens is 314 g/mol. The monoisotopic (exact) mass is 339 g/mol. The average molecular weight is 339 g/mol. The van der Waals surface area contributed by atoms with Crippen molar-refractivity contribution in [2.45, 2.75) is 44.8 Å². The molecule has 2 saturated heterocycles. The highest BCUT2D eigenvalue weighted by molar-refractivity contribution is 5.63. The normalized spacial score (nSPS) is 28.4. The van der Waals surface area contributed by atoms with Crippen LogP contribution in [0, 0.1) is 23.7 Å². The van der Waals surface area contributed by atoms with Gasteiger partial charge in [-0.1, -0.05) is 6.07 Å². The van der Waals surface area contributed by atoms with Gasteiger partial charge in [0.05, 0.1) is 24.3 Å². The molecule has 5 heteroatoms. The Morgan fingerprint density at radius 3 is 2.76 bits per heavy atom. The van der Waals surface area contributed by atoms with E-state index in [9.17, 15) is 10.4 Å². The van der Waals surface area contributed by atoms with Crippen molar-refractivity contribution in [3.8, 4) is 6.07 Å². The van der Waals surface area contributed by atoms with E-state index in [2.05, 4.69) is 17.5 Å². The van der Waals surface area contributed by atoms with Crippen LogP contribution in [-0.2, 0) is 11.3 Å². The fourth-order valence-electron chi connectivity index (χ4n) is 4.44. The molecule has 5 nitrogen and oxygen atoms in total. The summed E-state index contributed by atoms with van der Waals surface area (Å²) in [6.45, 7) is 4.49. The maximum atomic E-state index is 9.61. The molecule has 2 N–H and O–H groups in total. The number of rotatable bonds is 5. The quantitative estimate of drug-likeness (QED) is 0.878. The molecule has 1 aliphatic carbocycles. The number of aromatic nitrogens is 1. The summed E-state index contributed by atoms with van der Waals surface area (Å²) in [4.78, 5) is 0. The molecule has 132 valence electrons. The molecule has 0 radical (unpaired) electrons. The summed E-state index contributed by atoms with van der Waals surface area (Å²) in [6.07, 6.45) is 6.08. The lowest BCUT2D eigenvalue weighted by Gasteiger charge is -2.52. The van der Waals surface area contributed by atoms with Crippen molar-refractivity contribution in [1.29, 1.82) is 5.26 Å². The van der Waals surface area contributed by atoms with Gasteiger partial charge in [-0.3, -0.25) is 0 Å². The molecule has 3 fully saturated rings. The van der Waals surface area contributed by atoms with Crippen LogP contribution in [0.15, 0.2) is 24.4 Å². The van der Waals surface area contributed by atoms with Crippen LogP contribution in [0.2, 0.25) is 0 Å². The fourth-order valence-corrected chi connectivity index (χ4v) is 4.44. The molecule has 0 unspecified atom stereocenters. The van der Waals surface area contributed by atoms with Gasteiger partial charge in [0.15, 0.2) is 0 Å². The van der Waals surface area contributed by atoms with E-state index in [-0.39, 0.29) is 17.6 Å². The second-order valence-corrected chi connectivity index (χ2v) is 7.75. The molecule has 3 aliphatic rings. The number of fused-ring (bicyclic) bond motifs is 4. The van der Waals surface area contributed by atoms with Crippen LogP contribution in [0.25, 0.3) is 5.52 Å². The van der Waals surface area contributed by atoms with Gasteiger partial charge in [-0.25, -0.2) is 0 Å². The van der Waals surface area contributed by atoms with E-state index in [1.807, 2.05) is 29.7 Å². The highest BCUT2D eigenvalue weighted by Crippen LogP contribution is 2.48. The van der Waals surface area contributed by atoms with Gasteiger partial charge in [0.2, 0.25) is 0 Å². The van der Waals surface area contributed by atoms with Gasteiger partial charge in [0.25, 0.3) is 0 Å². The predicted molar refractivity (Wildman–Crippen MR) is 95.2 cm³/mol. The number of nitriles is 1. The van der Waals surface area contributed by atoms with Crippen molar-refractivity contribution in [2.24, 2.45) is 5.41 Å². The molecule has 0 amide bonds. The first-order chi connectivity index (χ1) is 12.1. The first-order valence-electron chi connectivity index (χ1n) is 9.06. The van der Waals surface area contributed by atoms with Crippen LogP contribution < -0.4 is 5.32 Å². The number of nitrogens with zero attached hydrogens (tertiary/aromatic N) is 2. The van der Waals surface area contributed by atoms with E-state index < -0.39 is 0 Å². The van der Waals surface area contributed by atoms with Gasteiger partial charge in [0, 0.05) is 24.7 Å². The van der Waals surface area contributed by atoms with Crippen LogP contribution in [0.3, 0.4) is 0 Å². The zero-order chi connectivity index (χ0) is 17.5. The van der Waals surface area contributed by atoms with Crippen molar-refractivity contribution in [1.82, 2.24) is 9.72 Å². The summed E-state index contributed by atoms with van der Waals surface area (Å²) in [5.74, 6) is 0. The molecule has 25 heavy (non-hydrogen) atoms. The minimum atomic E-state index is -0.0849. The maximum absolute atomic E-state index is 9.61. The van der Waals surface area contributed by atoms with Crippen molar-refractivity contribution >= 4 is 5.52 Å². The number of aliphatic hydroxyl groups excluding tert-OH is 1. The number of pyridine rings is 1. The molecule has 2 aliphatic heterocycles. The highest BCUT2D eigenvalue weighted by Gasteiger charge is 2.49. The lowest BCUT2D eigenvalue weighted by molar-refractivity contribution is -0.191. The van der Waals surface area contributed by atoms with Gasteiger partial charge in [-0.2, -0.15) is 5.26 Å². The van der Waals surface area contributed by atoms with E-state index in [1.54, 1.807) is 0 Å². The number of aliphatic hydroxyl groups is 1. The summed E-state index contributed by atoms with van der Waals surface area (Å²) in [5.41, 5.74) is 3.96. The van der Waals surface area contributed by atoms with E-state index in [4.69, 9.17) is 4.74 Å². The Morgan fingerprint density at radius 1 is 1.32 bits per heavy atom. The zero-order valence-corrected chi connectivity index (χ0v) is 14.7. The average Bonchev–Trinajstić information content (AvgIpc) is 2.94. The van der Waals surface area contributed by atoms with E-state index in [0.29, 0.717) is 12.3 Å². The molecule has 0 atom stereocenters. The Morgan fingerprint density at radius 2 is 2.12 bits per heavy atom. The van der Waals surface area contributed by atoms with Crippen molar-refractivity contribution < 1.29 is 9.84 Å². The number of nitrogens with one attached hydrogen (secondary N) is 1. The standard InChI is InChI=1S/C20H25N3O2/c1-15-16(17-4-2-3-9-23(17)18(15)10-21)11-22-12-20-7-5-19(13-24,6-8-20)14-25-20/h2-4,9,22,24H,5-8,11-14H2,1H3. The molecule has 0 spiro atoms. The molecule has 5 rings (SSSR count). The lowest BCUT2D eigenvalue weighted by Crippen LogP contribution is -2.56. The van der Waals surface area contributed by atoms with Gasteiger partial charge in [-0.05, 0) is 55.9 Å². The fraction of sp³-hybridized carbons (Fsp3) is 0.550. The summed E-state index contributed by atoms with van der Waals surface area (Å²) in [5, 5.41) is 22.6. The van der Waals surface area contributed by atoms with Gasteiger partial charge in [0.1, 0.15) is 11.8 Å². The zero-order valence-electron chi connectivity index (χ0n) is 14.7. The molecule has 1 saturated carbocycles. The minimum Gasteiger partial charge on any atom is -0.396 e. The third-order valence-corrected chi connectivity index (χ3v) is 6.31. The molecular formula is C20H25N3O2. The number of hydrogen-bond donors (Lipinski definition) is 2. The van der Waals surface area contributed by atoms with E-state index in [1.165, 1.54) is 5.56 Å². The Bertz CT molecular complexity index is 809. The van der Waals surface area contributed by atoms with Crippen molar-refractivity contribution in [3.63, 3.8) is 0 Å². The molecule has 2 aromatic rings. The first-order valence-corrected chi connectivity index (χ1v) is 9.06. The van der Waals surface area contributed by atoms with Gasteiger partial charge in [-0.15, -0.1) is 0 Å². The van der Waals surface area contributed by atoms with Gasteiger partial charge < -0.3 is 19.6 Å². The van der Waals surface area contributed by atoms with Crippen LogP contribution in [0.1, 0.15) is 42.5 Å². The summed E-state index contributed by atoms with van der Waals surface area (Å²) >= 11 is 0. The Balaban J connectivity index is 1.48. The van der Waals surface area contributed by atoms with Crippen LogP contribution in [0.5, 0.6) is 0 Å². The Hall–Kier alpha value is -1.87. The molecule has 4 heterocycles. The SMILES string of the molecule is Cc1c(CNCC23CCC(CO)(CC2)CO3)c2ccccn2c1C#N. The lowest BCUT2D eigenvalue weighted by atomic mass is 9.66. The Kier molecular flexibility index (Phi) is 4.07. The van der Waals surface area contributed by atoms with E-state index >= 15 is 0 Å². The Labute approximate surface area is 148 Å². The predicted octanol–water partition coefficient (Wildman–Crippen LogP) is 2.53. The van der Waals surface area contributed by atoms with Crippen molar-refractivity contribution in [3.05, 3.63) is 41.2 Å². The smallest absolute Gasteiger partial charge is 0.128 e. The van der Waals surface area contributed by atoms with Gasteiger partial charge >= 0.3 is 0 Å². The largest absolute Gasteiger partial charge is 0.396 e. The molecule has 0 aromatic carbocycles. The van der Waals surface area contributed by atoms with Crippen LogP contribution in [-0.4, -0.2) is 34.9 Å².